The number of sulfonamides is 2. The van der Waals surface area contributed by atoms with E-state index in [1.54, 1.807) is 0 Å². The SMILES string of the molecule is CCCNCCNS(=O)(=O)c1ccc(S(=O)(=O)NC2CC2)cc1.Cl. The second-order valence-electron chi connectivity index (χ2n) is 5.51. The molecule has 0 saturated heterocycles. The van der Waals surface area contributed by atoms with Crippen molar-refractivity contribution in [2.45, 2.75) is 42.0 Å². The van der Waals surface area contributed by atoms with Crippen molar-refractivity contribution >= 4 is 32.5 Å². The Morgan fingerprint density at radius 1 is 0.917 bits per heavy atom. The normalized spacial score (nSPS) is 15.0. The molecule has 0 radical (unpaired) electrons. The molecule has 0 spiro atoms. The minimum atomic E-state index is -3.63. The summed E-state index contributed by atoms with van der Waals surface area (Å²) >= 11 is 0. The Balaban J connectivity index is 0.00000288. The first kappa shape index (κ1) is 21.3. The zero-order valence-electron chi connectivity index (χ0n) is 13.5. The van der Waals surface area contributed by atoms with Gasteiger partial charge in [-0.25, -0.2) is 26.3 Å². The maximum atomic E-state index is 12.1. The maximum Gasteiger partial charge on any atom is 0.240 e. The molecule has 0 bridgehead atoms. The van der Waals surface area contributed by atoms with Crippen LogP contribution in [0.1, 0.15) is 26.2 Å². The molecule has 1 aromatic rings. The van der Waals surface area contributed by atoms with Crippen molar-refractivity contribution in [2.24, 2.45) is 0 Å². The summed E-state index contributed by atoms with van der Waals surface area (Å²) in [6.07, 6.45) is 2.68. The topological polar surface area (TPSA) is 104 Å². The molecule has 0 amide bonds. The lowest BCUT2D eigenvalue weighted by molar-refractivity contribution is 0.573. The van der Waals surface area contributed by atoms with Gasteiger partial charge in [-0.1, -0.05) is 6.92 Å². The van der Waals surface area contributed by atoms with Gasteiger partial charge < -0.3 is 5.32 Å². The van der Waals surface area contributed by atoms with Crippen LogP contribution in [0.3, 0.4) is 0 Å². The molecule has 24 heavy (non-hydrogen) atoms. The first-order chi connectivity index (χ1) is 10.8. The molecule has 138 valence electrons. The van der Waals surface area contributed by atoms with E-state index in [4.69, 9.17) is 0 Å². The summed E-state index contributed by atoms with van der Waals surface area (Å²) in [5.41, 5.74) is 0. The van der Waals surface area contributed by atoms with E-state index in [1.807, 2.05) is 6.92 Å². The average Bonchev–Trinajstić information content (AvgIpc) is 3.30. The van der Waals surface area contributed by atoms with Crippen molar-refractivity contribution < 1.29 is 16.8 Å². The zero-order valence-corrected chi connectivity index (χ0v) is 15.9. The lowest BCUT2D eigenvalue weighted by atomic mass is 10.4. The third kappa shape index (κ3) is 6.30. The van der Waals surface area contributed by atoms with Crippen molar-refractivity contribution in [3.63, 3.8) is 0 Å². The molecule has 0 unspecified atom stereocenters. The summed E-state index contributed by atoms with van der Waals surface area (Å²) in [5.74, 6) is 0. The predicted octanol–water partition coefficient (Wildman–Crippen LogP) is 0.827. The van der Waals surface area contributed by atoms with E-state index in [2.05, 4.69) is 14.8 Å². The minimum Gasteiger partial charge on any atom is -0.315 e. The highest BCUT2D eigenvalue weighted by Gasteiger charge is 2.28. The van der Waals surface area contributed by atoms with Gasteiger partial charge in [-0.3, -0.25) is 0 Å². The van der Waals surface area contributed by atoms with Gasteiger partial charge in [0.1, 0.15) is 0 Å². The third-order valence-corrected chi connectivity index (χ3v) is 6.38. The van der Waals surface area contributed by atoms with Gasteiger partial charge in [0.2, 0.25) is 20.0 Å². The van der Waals surface area contributed by atoms with E-state index < -0.39 is 20.0 Å². The van der Waals surface area contributed by atoms with Crippen LogP contribution in [0, 0.1) is 0 Å². The summed E-state index contributed by atoms with van der Waals surface area (Å²) in [6.45, 7) is 3.70. The number of rotatable bonds is 10. The lowest BCUT2D eigenvalue weighted by Crippen LogP contribution is -2.32. The number of nitrogens with one attached hydrogen (secondary N) is 3. The quantitative estimate of drug-likeness (QED) is 0.507. The minimum absolute atomic E-state index is 0. The molecule has 7 nitrogen and oxygen atoms in total. The van der Waals surface area contributed by atoms with Crippen LogP contribution < -0.4 is 14.8 Å². The molecule has 1 fully saturated rings. The van der Waals surface area contributed by atoms with E-state index in [1.165, 1.54) is 24.3 Å². The van der Waals surface area contributed by atoms with E-state index >= 15 is 0 Å². The van der Waals surface area contributed by atoms with E-state index in [-0.39, 0.29) is 34.8 Å². The van der Waals surface area contributed by atoms with Crippen LogP contribution in [-0.2, 0) is 20.0 Å². The summed E-state index contributed by atoms with van der Waals surface area (Å²) in [4.78, 5) is 0.131. The second kappa shape index (κ2) is 9.12. The fourth-order valence-corrected chi connectivity index (χ4v) is 4.28. The first-order valence-electron chi connectivity index (χ1n) is 7.68. The van der Waals surface area contributed by atoms with E-state index in [0.29, 0.717) is 6.54 Å². The average molecular weight is 398 g/mol. The van der Waals surface area contributed by atoms with E-state index in [9.17, 15) is 16.8 Å². The highest BCUT2D eigenvalue weighted by Crippen LogP contribution is 2.22. The molecule has 0 aliphatic heterocycles. The molecule has 3 N–H and O–H groups in total. The molecule has 0 aromatic heterocycles. The Kier molecular flexibility index (Phi) is 8.10. The smallest absolute Gasteiger partial charge is 0.240 e. The number of hydrogen-bond acceptors (Lipinski definition) is 5. The van der Waals surface area contributed by atoms with Crippen LogP contribution >= 0.6 is 12.4 Å². The zero-order chi connectivity index (χ0) is 16.9. The van der Waals surface area contributed by atoms with Crippen molar-refractivity contribution in [1.82, 2.24) is 14.8 Å². The molecule has 1 aliphatic carbocycles. The Hall–Kier alpha value is -0.710. The lowest BCUT2D eigenvalue weighted by Gasteiger charge is -2.09. The van der Waals surface area contributed by atoms with Gasteiger partial charge in [-0.2, -0.15) is 0 Å². The molecule has 1 aliphatic rings. The third-order valence-electron chi connectivity index (χ3n) is 3.36. The Morgan fingerprint density at radius 3 is 1.96 bits per heavy atom. The summed E-state index contributed by atoms with van der Waals surface area (Å²) in [5, 5.41) is 3.10. The molecule has 10 heteroatoms. The summed E-state index contributed by atoms with van der Waals surface area (Å²) in [7, 11) is -7.19. The Bertz CT molecular complexity index is 717. The molecule has 1 saturated carbocycles. The maximum absolute atomic E-state index is 12.1. The molecular formula is C14H24ClN3O4S2. The van der Waals surface area contributed by atoms with Gasteiger partial charge in [-0.15, -0.1) is 12.4 Å². The van der Waals surface area contributed by atoms with Gasteiger partial charge >= 0.3 is 0 Å². The van der Waals surface area contributed by atoms with E-state index in [0.717, 1.165) is 25.8 Å². The predicted molar refractivity (Wildman–Crippen MR) is 95.4 cm³/mol. The van der Waals surface area contributed by atoms with Gasteiger partial charge in [0.25, 0.3) is 0 Å². The fraction of sp³-hybridized carbons (Fsp3) is 0.571. The highest BCUT2D eigenvalue weighted by molar-refractivity contribution is 7.90. The summed E-state index contributed by atoms with van der Waals surface area (Å²) in [6, 6.07) is 5.26. The van der Waals surface area contributed by atoms with Gasteiger partial charge in [0.05, 0.1) is 9.79 Å². The molecule has 1 aromatic carbocycles. The van der Waals surface area contributed by atoms with Crippen molar-refractivity contribution in [3.8, 4) is 0 Å². The number of hydrogen-bond donors (Lipinski definition) is 3. The van der Waals surface area contributed by atoms with Crippen molar-refractivity contribution in [2.75, 3.05) is 19.6 Å². The molecule has 2 rings (SSSR count). The highest BCUT2D eigenvalue weighted by atomic mass is 35.5. The Labute approximate surface area is 150 Å². The largest absolute Gasteiger partial charge is 0.315 e. The second-order valence-corrected chi connectivity index (χ2v) is 9.00. The van der Waals surface area contributed by atoms with Crippen LogP contribution in [-0.4, -0.2) is 42.5 Å². The molecular weight excluding hydrogens is 374 g/mol. The van der Waals surface area contributed by atoms with Crippen LogP contribution in [0.25, 0.3) is 0 Å². The van der Waals surface area contributed by atoms with Gasteiger partial charge in [-0.05, 0) is 50.1 Å². The molecule has 0 heterocycles. The standard InChI is InChI=1S/C14H23N3O4S2.ClH/c1-2-9-15-10-11-16-22(18,19)13-5-7-14(8-6-13)23(20,21)17-12-3-4-12;/h5-8,12,15-17H,2-4,9-11H2,1H3;1H. The first-order valence-corrected chi connectivity index (χ1v) is 10.6. The molecule has 0 atom stereocenters. The van der Waals surface area contributed by atoms with Gasteiger partial charge in [0, 0.05) is 19.1 Å². The monoisotopic (exact) mass is 397 g/mol. The number of halogens is 1. The van der Waals surface area contributed by atoms with Crippen LogP contribution in [0.5, 0.6) is 0 Å². The fourth-order valence-electron chi connectivity index (χ4n) is 1.95. The van der Waals surface area contributed by atoms with Crippen LogP contribution in [0.2, 0.25) is 0 Å². The van der Waals surface area contributed by atoms with Crippen molar-refractivity contribution in [3.05, 3.63) is 24.3 Å². The van der Waals surface area contributed by atoms with Gasteiger partial charge in [0.15, 0.2) is 0 Å². The summed E-state index contributed by atoms with van der Waals surface area (Å²) < 4.78 is 53.3. The van der Waals surface area contributed by atoms with Crippen LogP contribution in [0.4, 0.5) is 0 Å². The number of benzene rings is 1. The van der Waals surface area contributed by atoms with Crippen molar-refractivity contribution in [1.29, 1.82) is 0 Å². The van der Waals surface area contributed by atoms with Crippen LogP contribution in [0.15, 0.2) is 34.1 Å². The Morgan fingerprint density at radius 2 is 1.46 bits per heavy atom.